The van der Waals surface area contributed by atoms with Crippen molar-refractivity contribution in [2.75, 3.05) is 33.2 Å². The maximum absolute atomic E-state index is 12.7. The highest BCUT2D eigenvalue weighted by Gasteiger charge is 2.28. The van der Waals surface area contributed by atoms with Crippen molar-refractivity contribution < 1.29 is 4.79 Å². The van der Waals surface area contributed by atoms with Gasteiger partial charge in [-0.3, -0.25) is 9.58 Å². The van der Waals surface area contributed by atoms with Gasteiger partial charge in [0.15, 0.2) is 0 Å². The molecule has 1 aromatic rings. The maximum atomic E-state index is 12.7. The third-order valence-corrected chi connectivity index (χ3v) is 5.20. The van der Waals surface area contributed by atoms with E-state index in [-0.39, 0.29) is 6.03 Å². The second-order valence-corrected chi connectivity index (χ2v) is 6.97. The molecule has 1 aromatic heterocycles. The zero-order chi connectivity index (χ0) is 16.2. The first-order valence-electron chi connectivity index (χ1n) is 8.85. The number of rotatable bonds is 3. The Morgan fingerprint density at radius 1 is 1.22 bits per heavy atom. The summed E-state index contributed by atoms with van der Waals surface area (Å²) < 4.78 is 1.85. The highest BCUT2D eigenvalue weighted by molar-refractivity contribution is 5.74. The van der Waals surface area contributed by atoms with Crippen LogP contribution in [0.15, 0.2) is 12.4 Å². The number of aromatic nitrogens is 2. The predicted octanol–water partition coefficient (Wildman–Crippen LogP) is 1.92. The Kier molecular flexibility index (Phi) is 5.20. The summed E-state index contributed by atoms with van der Waals surface area (Å²) in [4.78, 5) is 19.2. The molecule has 1 aliphatic carbocycles. The molecule has 23 heavy (non-hydrogen) atoms. The lowest BCUT2D eigenvalue weighted by molar-refractivity contribution is 0.147. The molecule has 0 aromatic carbocycles. The van der Waals surface area contributed by atoms with E-state index in [1.54, 1.807) is 0 Å². The first-order valence-corrected chi connectivity index (χ1v) is 8.85. The van der Waals surface area contributed by atoms with Crippen LogP contribution >= 0.6 is 0 Å². The van der Waals surface area contributed by atoms with E-state index in [0.717, 1.165) is 39.1 Å². The molecular weight excluding hydrogens is 290 g/mol. The molecule has 6 heteroatoms. The van der Waals surface area contributed by atoms with Crippen molar-refractivity contribution in [2.45, 2.75) is 44.7 Å². The zero-order valence-electron chi connectivity index (χ0n) is 14.4. The van der Waals surface area contributed by atoms with Crippen LogP contribution in [0, 0.1) is 0 Å². The molecule has 2 heterocycles. The molecule has 2 amide bonds. The summed E-state index contributed by atoms with van der Waals surface area (Å²) >= 11 is 0. The van der Waals surface area contributed by atoms with Gasteiger partial charge in [0.25, 0.3) is 0 Å². The Morgan fingerprint density at radius 2 is 2.00 bits per heavy atom. The van der Waals surface area contributed by atoms with Crippen molar-refractivity contribution in [3.63, 3.8) is 0 Å². The lowest BCUT2D eigenvalue weighted by atomic mass is 10.2. The number of amides is 2. The van der Waals surface area contributed by atoms with E-state index in [1.807, 2.05) is 34.8 Å². The first-order chi connectivity index (χ1) is 11.1. The quantitative estimate of drug-likeness (QED) is 0.855. The van der Waals surface area contributed by atoms with Crippen molar-refractivity contribution in [1.29, 1.82) is 0 Å². The largest absolute Gasteiger partial charge is 0.325 e. The minimum absolute atomic E-state index is 0.222. The van der Waals surface area contributed by atoms with Gasteiger partial charge in [0.1, 0.15) is 0 Å². The van der Waals surface area contributed by atoms with Crippen LogP contribution in [0.3, 0.4) is 0 Å². The van der Waals surface area contributed by atoms with E-state index in [4.69, 9.17) is 0 Å². The predicted molar refractivity (Wildman–Crippen MR) is 90.1 cm³/mol. The minimum atomic E-state index is 0.222. The molecule has 6 nitrogen and oxygen atoms in total. The number of aryl methyl sites for hydroxylation is 1. The summed E-state index contributed by atoms with van der Waals surface area (Å²) in [5, 5.41) is 4.23. The van der Waals surface area contributed by atoms with Crippen LogP contribution < -0.4 is 0 Å². The molecule has 128 valence electrons. The maximum Gasteiger partial charge on any atom is 0.320 e. The minimum Gasteiger partial charge on any atom is -0.325 e. The fraction of sp³-hybridized carbons (Fsp3) is 0.765. The molecule has 0 bridgehead atoms. The SMILES string of the molecule is CN(C(=O)N1CCCN(Cc2cnn(C)c2)CC1)C1CCCC1. The summed E-state index contributed by atoms with van der Waals surface area (Å²) in [5.41, 5.74) is 1.25. The fourth-order valence-corrected chi connectivity index (χ4v) is 3.80. The first kappa shape index (κ1) is 16.3. The van der Waals surface area contributed by atoms with E-state index in [0.29, 0.717) is 6.04 Å². The topological polar surface area (TPSA) is 44.6 Å². The molecule has 2 fully saturated rings. The normalized spacial score (nSPS) is 20.7. The van der Waals surface area contributed by atoms with Crippen molar-refractivity contribution in [1.82, 2.24) is 24.5 Å². The second-order valence-electron chi connectivity index (χ2n) is 6.97. The third-order valence-electron chi connectivity index (χ3n) is 5.20. The number of hydrogen-bond acceptors (Lipinski definition) is 3. The Bertz CT molecular complexity index is 523. The van der Waals surface area contributed by atoms with Gasteiger partial charge in [-0.25, -0.2) is 4.79 Å². The summed E-state index contributed by atoms with van der Waals surface area (Å²) in [6.07, 6.45) is 9.92. The lowest BCUT2D eigenvalue weighted by Gasteiger charge is -2.31. The Labute approximate surface area is 139 Å². The van der Waals surface area contributed by atoms with Crippen LogP contribution in [0.4, 0.5) is 4.79 Å². The van der Waals surface area contributed by atoms with Crippen LogP contribution in [0.25, 0.3) is 0 Å². The van der Waals surface area contributed by atoms with Gasteiger partial charge in [0.05, 0.1) is 6.20 Å². The zero-order valence-corrected chi connectivity index (χ0v) is 14.4. The average Bonchev–Trinajstić information content (AvgIpc) is 3.15. The number of hydrogen-bond donors (Lipinski definition) is 0. The van der Waals surface area contributed by atoms with E-state index in [1.165, 1.54) is 31.2 Å². The van der Waals surface area contributed by atoms with Gasteiger partial charge >= 0.3 is 6.03 Å². The van der Waals surface area contributed by atoms with Crippen LogP contribution in [-0.4, -0.2) is 69.8 Å². The molecule has 1 saturated carbocycles. The molecule has 0 N–H and O–H groups in total. The van der Waals surface area contributed by atoms with Gasteiger partial charge in [-0.2, -0.15) is 5.10 Å². The third kappa shape index (κ3) is 4.05. The van der Waals surface area contributed by atoms with Crippen molar-refractivity contribution in [3.05, 3.63) is 18.0 Å². The molecule has 0 spiro atoms. The van der Waals surface area contributed by atoms with E-state index < -0.39 is 0 Å². The summed E-state index contributed by atoms with van der Waals surface area (Å²) in [6.45, 7) is 4.62. The van der Waals surface area contributed by atoms with Crippen LogP contribution in [0.1, 0.15) is 37.7 Å². The highest BCUT2D eigenvalue weighted by Crippen LogP contribution is 2.23. The lowest BCUT2D eigenvalue weighted by Crippen LogP contribution is -2.46. The van der Waals surface area contributed by atoms with Crippen LogP contribution in [0.2, 0.25) is 0 Å². The van der Waals surface area contributed by atoms with Crippen molar-refractivity contribution in [2.24, 2.45) is 7.05 Å². The van der Waals surface area contributed by atoms with Gasteiger partial charge in [0.2, 0.25) is 0 Å². The summed E-state index contributed by atoms with van der Waals surface area (Å²) in [5.74, 6) is 0. The van der Waals surface area contributed by atoms with Gasteiger partial charge in [-0.1, -0.05) is 12.8 Å². The van der Waals surface area contributed by atoms with Crippen molar-refractivity contribution >= 4 is 6.03 Å². The van der Waals surface area contributed by atoms with Gasteiger partial charge in [0, 0.05) is 64.6 Å². The molecule has 2 aliphatic rings. The molecular formula is C17H29N5O. The summed E-state index contributed by atoms with van der Waals surface area (Å²) in [6, 6.07) is 0.678. The number of carbonyl (C=O) groups excluding carboxylic acids is 1. The highest BCUT2D eigenvalue weighted by atomic mass is 16.2. The number of carbonyl (C=O) groups is 1. The van der Waals surface area contributed by atoms with E-state index >= 15 is 0 Å². The standard InChI is InChI=1S/C17H29N5O/c1-19-13-15(12-18-19)14-21-8-5-9-22(11-10-21)17(23)20(2)16-6-3-4-7-16/h12-13,16H,3-11,14H2,1-2H3. The molecule has 0 atom stereocenters. The molecule has 0 unspecified atom stereocenters. The fourth-order valence-electron chi connectivity index (χ4n) is 3.80. The molecule has 1 saturated heterocycles. The van der Waals surface area contributed by atoms with E-state index in [2.05, 4.69) is 16.2 Å². The monoisotopic (exact) mass is 319 g/mol. The van der Waals surface area contributed by atoms with Crippen LogP contribution in [0.5, 0.6) is 0 Å². The second kappa shape index (κ2) is 7.34. The van der Waals surface area contributed by atoms with Gasteiger partial charge < -0.3 is 9.80 Å². The van der Waals surface area contributed by atoms with Crippen LogP contribution in [-0.2, 0) is 13.6 Å². The van der Waals surface area contributed by atoms with Crippen molar-refractivity contribution in [3.8, 4) is 0 Å². The Morgan fingerprint density at radius 3 is 2.70 bits per heavy atom. The summed E-state index contributed by atoms with van der Waals surface area (Å²) in [7, 11) is 3.93. The average molecular weight is 319 g/mol. The van der Waals surface area contributed by atoms with E-state index in [9.17, 15) is 4.79 Å². The Hall–Kier alpha value is -1.56. The smallest absolute Gasteiger partial charge is 0.320 e. The molecule has 1 aliphatic heterocycles. The molecule has 0 radical (unpaired) electrons. The number of urea groups is 1. The Balaban J connectivity index is 1.52. The number of nitrogens with zero attached hydrogens (tertiary/aromatic N) is 5. The van der Waals surface area contributed by atoms with Gasteiger partial charge in [-0.05, 0) is 19.3 Å². The molecule has 3 rings (SSSR count). The van der Waals surface area contributed by atoms with Gasteiger partial charge in [-0.15, -0.1) is 0 Å².